The average Bonchev–Trinajstić information content (AvgIpc) is 2.76. The molecule has 0 saturated carbocycles. The first-order valence-corrected chi connectivity index (χ1v) is 8.99. The van der Waals surface area contributed by atoms with E-state index < -0.39 is 0 Å². The van der Waals surface area contributed by atoms with E-state index in [9.17, 15) is 9.18 Å². The smallest absolute Gasteiger partial charge is 0.272 e. The molecule has 1 amide bonds. The highest BCUT2D eigenvalue weighted by molar-refractivity contribution is 5.93. The van der Waals surface area contributed by atoms with Crippen molar-refractivity contribution in [2.24, 2.45) is 0 Å². The first-order chi connectivity index (χ1) is 13.7. The number of hydrogen-bond acceptors (Lipinski definition) is 6. The highest BCUT2D eigenvalue weighted by atomic mass is 19.1. The predicted molar refractivity (Wildman–Crippen MR) is 104 cm³/mol. The molecule has 7 nitrogen and oxygen atoms in total. The second-order valence-electron chi connectivity index (χ2n) is 6.36. The maximum atomic E-state index is 13.8. The summed E-state index contributed by atoms with van der Waals surface area (Å²) in [7, 11) is 0. The highest BCUT2D eigenvalue weighted by Gasteiger charge is 2.24. The number of carbonyl (C=O) groups excluding carboxylic acids is 1. The van der Waals surface area contributed by atoms with Crippen LogP contribution in [0, 0.1) is 5.82 Å². The van der Waals surface area contributed by atoms with E-state index in [4.69, 9.17) is 0 Å². The van der Waals surface area contributed by atoms with Gasteiger partial charge in [0.15, 0.2) is 0 Å². The fourth-order valence-electron chi connectivity index (χ4n) is 3.08. The van der Waals surface area contributed by atoms with Crippen LogP contribution in [0.4, 0.5) is 21.7 Å². The van der Waals surface area contributed by atoms with E-state index in [2.05, 4.69) is 25.2 Å². The fourth-order valence-corrected chi connectivity index (χ4v) is 3.08. The Morgan fingerprint density at radius 3 is 2.50 bits per heavy atom. The summed E-state index contributed by atoms with van der Waals surface area (Å²) < 4.78 is 13.8. The molecule has 4 rings (SSSR count). The Hall–Kier alpha value is -3.55. The zero-order chi connectivity index (χ0) is 19.3. The molecule has 1 saturated heterocycles. The second-order valence-corrected chi connectivity index (χ2v) is 6.36. The third-order valence-corrected chi connectivity index (χ3v) is 4.56. The molecule has 3 heterocycles. The predicted octanol–water partition coefficient (Wildman–Crippen LogP) is 2.72. The molecule has 0 atom stereocenters. The van der Waals surface area contributed by atoms with Gasteiger partial charge in [-0.05, 0) is 24.3 Å². The van der Waals surface area contributed by atoms with Gasteiger partial charge >= 0.3 is 0 Å². The number of amides is 1. The first-order valence-electron chi connectivity index (χ1n) is 8.99. The molecule has 0 radical (unpaired) electrons. The van der Waals surface area contributed by atoms with Crippen molar-refractivity contribution < 1.29 is 9.18 Å². The Labute approximate surface area is 161 Å². The number of rotatable bonds is 4. The van der Waals surface area contributed by atoms with Gasteiger partial charge in [0, 0.05) is 38.4 Å². The molecule has 1 aliphatic heterocycles. The molecule has 28 heavy (non-hydrogen) atoms. The van der Waals surface area contributed by atoms with E-state index in [0.717, 1.165) is 5.82 Å². The van der Waals surface area contributed by atoms with Crippen molar-refractivity contribution in [3.63, 3.8) is 0 Å². The van der Waals surface area contributed by atoms with Gasteiger partial charge in [-0.2, -0.15) is 0 Å². The number of benzene rings is 1. The van der Waals surface area contributed by atoms with Crippen molar-refractivity contribution in [2.45, 2.75) is 0 Å². The van der Waals surface area contributed by atoms with Crippen LogP contribution in [0.15, 0.2) is 61.1 Å². The van der Waals surface area contributed by atoms with E-state index in [1.54, 1.807) is 35.4 Å². The van der Waals surface area contributed by atoms with Crippen LogP contribution in [0.2, 0.25) is 0 Å². The van der Waals surface area contributed by atoms with E-state index in [0.29, 0.717) is 37.7 Å². The Bertz CT molecular complexity index is 960. The molecule has 1 N–H and O–H groups in total. The van der Waals surface area contributed by atoms with Crippen LogP contribution in [-0.4, -0.2) is 51.9 Å². The first kappa shape index (κ1) is 17.8. The van der Waals surface area contributed by atoms with Gasteiger partial charge in [0.05, 0.1) is 5.69 Å². The van der Waals surface area contributed by atoms with Crippen molar-refractivity contribution >= 4 is 23.2 Å². The SMILES string of the molecule is O=C(c1cc(Nc2ccccc2F)ncn1)N1CCN(c2ccccn2)CC1. The van der Waals surface area contributed by atoms with Crippen LogP contribution in [0.25, 0.3) is 0 Å². The molecule has 0 unspecified atom stereocenters. The molecule has 142 valence electrons. The second kappa shape index (κ2) is 7.99. The maximum Gasteiger partial charge on any atom is 0.272 e. The third kappa shape index (κ3) is 3.90. The van der Waals surface area contributed by atoms with Crippen molar-refractivity contribution in [3.8, 4) is 0 Å². The minimum Gasteiger partial charge on any atom is -0.353 e. The molecule has 0 spiro atoms. The molecule has 8 heteroatoms. The van der Waals surface area contributed by atoms with Crippen molar-refractivity contribution in [1.29, 1.82) is 0 Å². The zero-order valence-electron chi connectivity index (χ0n) is 15.1. The van der Waals surface area contributed by atoms with Crippen molar-refractivity contribution in [1.82, 2.24) is 19.9 Å². The summed E-state index contributed by atoms with van der Waals surface area (Å²) in [6.07, 6.45) is 3.07. The van der Waals surface area contributed by atoms with Crippen LogP contribution in [0.5, 0.6) is 0 Å². The van der Waals surface area contributed by atoms with Gasteiger partial charge in [-0.25, -0.2) is 19.3 Å². The quantitative estimate of drug-likeness (QED) is 0.753. The number of nitrogens with zero attached hydrogens (tertiary/aromatic N) is 5. The summed E-state index contributed by atoms with van der Waals surface area (Å²) in [6, 6.07) is 13.6. The minimum absolute atomic E-state index is 0.167. The summed E-state index contributed by atoms with van der Waals surface area (Å²) >= 11 is 0. The number of carbonyl (C=O) groups is 1. The largest absolute Gasteiger partial charge is 0.353 e. The van der Waals surface area contributed by atoms with Gasteiger partial charge in [-0.15, -0.1) is 0 Å². The lowest BCUT2D eigenvalue weighted by Gasteiger charge is -2.35. The van der Waals surface area contributed by atoms with Gasteiger partial charge in [-0.3, -0.25) is 4.79 Å². The van der Waals surface area contributed by atoms with Crippen molar-refractivity contribution in [3.05, 3.63) is 72.6 Å². The molecule has 1 aromatic carbocycles. The molecule has 0 aliphatic carbocycles. The van der Waals surface area contributed by atoms with E-state index in [-0.39, 0.29) is 17.4 Å². The summed E-state index contributed by atoms with van der Waals surface area (Å²) in [5.74, 6) is 0.725. The van der Waals surface area contributed by atoms with Crippen LogP contribution in [0.1, 0.15) is 10.5 Å². The summed E-state index contributed by atoms with van der Waals surface area (Å²) in [6.45, 7) is 2.56. The Morgan fingerprint density at radius 2 is 1.75 bits per heavy atom. The topological polar surface area (TPSA) is 74.2 Å². The van der Waals surface area contributed by atoms with E-state index in [1.807, 2.05) is 18.2 Å². The van der Waals surface area contributed by atoms with Crippen LogP contribution in [-0.2, 0) is 0 Å². The van der Waals surface area contributed by atoms with E-state index in [1.165, 1.54) is 12.4 Å². The number of para-hydroxylation sites is 1. The lowest BCUT2D eigenvalue weighted by molar-refractivity contribution is 0.0740. The van der Waals surface area contributed by atoms with E-state index >= 15 is 0 Å². The molecule has 1 fully saturated rings. The van der Waals surface area contributed by atoms with Gasteiger partial charge in [0.2, 0.25) is 0 Å². The average molecular weight is 378 g/mol. The fraction of sp³-hybridized carbons (Fsp3) is 0.200. The summed E-state index contributed by atoms with van der Waals surface area (Å²) in [4.78, 5) is 29.2. The molecular weight excluding hydrogens is 359 g/mol. The normalized spacial score (nSPS) is 14.0. The van der Waals surface area contributed by atoms with Crippen LogP contribution < -0.4 is 10.2 Å². The zero-order valence-corrected chi connectivity index (χ0v) is 15.1. The monoisotopic (exact) mass is 378 g/mol. The number of hydrogen-bond donors (Lipinski definition) is 1. The number of piperazine rings is 1. The van der Waals surface area contributed by atoms with Gasteiger partial charge in [0.1, 0.15) is 29.5 Å². The Balaban J connectivity index is 1.42. The molecule has 3 aromatic rings. The van der Waals surface area contributed by atoms with Gasteiger partial charge in [-0.1, -0.05) is 18.2 Å². The lowest BCUT2D eigenvalue weighted by Crippen LogP contribution is -2.49. The highest BCUT2D eigenvalue weighted by Crippen LogP contribution is 2.19. The standard InChI is InChI=1S/C20H19FN6O/c21-15-5-1-2-6-16(15)25-18-13-17(23-14-24-18)20(28)27-11-9-26(10-12-27)19-7-3-4-8-22-19/h1-8,13-14H,9-12H2,(H,23,24,25). The molecule has 1 aliphatic rings. The Morgan fingerprint density at radius 1 is 0.964 bits per heavy atom. The third-order valence-electron chi connectivity index (χ3n) is 4.56. The van der Waals surface area contributed by atoms with Crippen LogP contribution >= 0.6 is 0 Å². The molecule has 0 bridgehead atoms. The summed E-state index contributed by atoms with van der Waals surface area (Å²) in [5.41, 5.74) is 0.573. The number of aromatic nitrogens is 3. The van der Waals surface area contributed by atoms with Crippen LogP contribution in [0.3, 0.4) is 0 Å². The van der Waals surface area contributed by atoms with Crippen molar-refractivity contribution in [2.75, 3.05) is 36.4 Å². The maximum absolute atomic E-state index is 13.8. The molecule has 2 aromatic heterocycles. The number of nitrogens with one attached hydrogen (secondary N) is 1. The Kier molecular flexibility index (Phi) is 5.09. The number of pyridine rings is 1. The summed E-state index contributed by atoms with van der Waals surface area (Å²) in [5, 5.41) is 2.89. The number of halogens is 1. The minimum atomic E-state index is -0.389. The number of anilines is 3. The van der Waals surface area contributed by atoms with Gasteiger partial charge < -0.3 is 15.1 Å². The van der Waals surface area contributed by atoms with Gasteiger partial charge in [0.25, 0.3) is 5.91 Å². The molecular formula is C20H19FN6O. The lowest BCUT2D eigenvalue weighted by atomic mass is 10.2.